The van der Waals surface area contributed by atoms with Crippen molar-refractivity contribution in [2.24, 2.45) is 5.92 Å². The molecule has 0 spiro atoms. The second kappa shape index (κ2) is 9.08. The number of para-hydroxylation sites is 1. The molecule has 0 N–H and O–H groups in total. The Morgan fingerprint density at radius 3 is 2.30 bits per heavy atom. The van der Waals surface area contributed by atoms with Gasteiger partial charge < -0.3 is 9.64 Å². The van der Waals surface area contributed by atoms with Crippen LogP contribution in [0.15, 0.2) is 53.4 Å². The molecular formula is C24H32N2O3S. The van der Waals surface area contributed by atoms with E-state index in [0.717, 1.165) is 48.7 Å². The molecule has 6 heteroatoms. The second-order valence-corrected chi connectivity index (χ2v) is 10.5. The Bertz CT molecular complexity index is 960. The third-order valence-electron chi connectivity index (χ3n) is 6.65. The van der Waals surface area contributed by atoms with Gasteiger partial charge in [0.05, 0.1) is 12.0 Å². The highest BCUT2D eigenvalue weighted by Crippen LogP contribution is 2.32. The van der Waals surface area contributed by atoms with Crippen LogP contribution in [-0.2, 0) is 10.0 Å². The smallest absolute Gasteiger partial charge is 0.243 e. The molecule has 162 valence electrons. The molecule has 0 radical (unpaired) electrons. The Kier molecular flexibility index (Phi) is 6.46. The van der Waals surface area contributed by atoms with Gasteiger partial charge in [-0.3, -0.25) is 0 Å². The fourth-order valence-electron chi connectivity index (χ4n) is 4.70. The van der Waals surface area contributed by atoms with Crippen LogP contribution in [0.5, 0.6) is 5.75 Å². The largest absolute Gasteiger partial charge is 0.496 e. The number of piperidine rings is 2. The lowest BCUT2D eigenvalue weighted by atomic mass is 9.95. The van der Waals surface area contributed by atoms with Gasteiger partial charge in [0.2, 0.25) is 10.0 Å². The minimum Gasteiger partial charge on any atom is -0.496 e. The number of benzene rings is 2. The van der Waals surface area contributed by atoms with Crippen LogP contribution in [0, 0.1) is 5.92 Å². The van der Waals surface area contributed by atoms with E-state index in [4.69, 9.17) is 4.74 Å². The third-order valence-corrected chi connectivity index (χ3v) is 8.54. The van der Waals surface area contributed by atoms with Crippen LogP contribution in [0.2, 0.25) is 0 Å². The normalized spacial score (nSPS) is 20.3. The SMILES string of the molecule is COc1ccccc1-c1cccc(S(=O)(=O)N2CCC(N3CCC(C)CC3)CC2)c1. The van der Waals surface area contributed by atoms with Crippen molar-refractivity contribution in [2.75, 3.05) is 33.3 Å². The summed E-state index contributed by atoms with van der Waals surface area (Å²) in [6.45, 7) is 5.82. The molecule has 2 saturated heterocycles. The van der Waals surface area contributed by atoms with Crippen LogP contribution in [0.25, 0.3) is 11.1 Å². The molecule has 0 amide bonds. The Balaban J connectivity index is 1.48. The van der Waals surface area contributed by atoms with E-state index in [1.54, 1.807) is 23.5 Å². The molecule has 2 fully saturated rings. The topological polar surface area (TPSA) is 49.9 Å². The summed E-state index contributed by atoms with van der Waals surface area (Å²) in [5, 5.41) is 0. The maximum absolute atomic E-state index is 13.3. The fourth-order valence-corrected chi connectivity index (χ4v) is 6.21. The number of sulfonamides is 1. The predicted molar refractivity (Wildman–Crippen MR) is 120 cm³/mol. The molecule has 4 rings (SSSR count). The lowest BCUT2D eigenvalue weighted by molar-refractivity contribution is 0.101. The summed E-state index contributed by atoms with van der Waals surface area (Å²) in [7, 11) is -1.87. The van der Waals surface area contributed by atoms with E-state index < -0.39 is 10.0 Å². The van der Waals surface area contributed by atoms with Gasteiger partial charge in [0.15, 0.2) is 0 Å². The molecule has 5 nitrogen and oxygen atoms in total. The molecule has 0 bridgehead atoms. The highest BCUT2D eigenvalue weighted by molar-refractivity contribution is 7.89. The number of ether oxygens (including phenoxy) is 1. The molecule has 2 aromatic rings. The van der Waals surface area contributed by atoms with Gasteiger partial charge in [-0.2, -0.15) is 4.31 Å². The Hall–Kier alpha value is -1.89. The molecule has 2 heterocycles. The van der Waals surface area contributed by atoms with Crippen LogP contribution in [0.4, 0.5) is 0 Å². The van der Waals surface area contributed by atoms with E-state index in [1.165, 1.54) is 12.8 Å². The van der Waals surface area contributed by atoms with Crippen LogP contribution in [0.1, 0.15) is 32.6 Å². The zero-order valence-corrected chi connectivity index (χ0v) is 18.8. The molecule has 2 aliphatic heterocycles. The zero-order valence-electron chi connectivity index (χ0n) is 18.0. The van der Waals surface area contributed by atoms with Crippen molar-refractivity contribution in [1.29, 1.82) is 0 Å². The van der Waals surface area contributed by atoms with E-state index in [2.05, 4.69) is 11.8 Å². The first-order valence-corrected chi connectivity index (χ1v) is 12.4. The Morgan fingerprint density at radius 2 is 1.60 bits per heavy atom. The molecule has 0 aromatic heterocycles. The van der Waals surface area contributed by atoms with Gasteiger partial charge in [0.25, 0.3) is 0 Å². The molecule has 2 aromatic carbocycles. The molecule has 2 aliphatic rings. The fraction of sp³-hybridized carbons (Fsp3) is 0.500. The standard InChI is InChI=1S/C24H32N2O3S/c1-19-10-14-25(15-11-19)21-12-16-26(17-13-21)30(27,28)22-7-5-6-20(18-22)23-8-3-4-9-24(23)29-2/h3-9,18-19,21H,10-17H2,1-2H3. The average molecular weight is 429 g/mol. The summed E-state index contributed by atoms with van der Waals surface area (Å²) in [5.74, 6) is 1.56. The van der Waals surface area contributed by atoms with Crippen LogP contribution in [-0.4, -0.2) is 57.0 Å². The summed E-state index contributed by atoms with van der Waals surface area (Å²) in [6, 6.07) is 15.4. The van der Waals surface area contributed by atoms with Gasteiger partial charge in [0, 0.05) is 24.7 Å². The van der Waals surface area contributed by atoms with Crippen molar-refractivity contribution in [3.63, 3.8) is 0 Å². The van der Waals surface area contributed by atoms with Gasteiger partial charge in [-0.25, -0.2) is 8.42 Å². The number of likely N-dealkylation sites (tertiary alicyclic amines) is 1. The first-order valence-electron chi connectivity index (χ1n) is 11.0. The molecule has 0 atom stereocenters. The maximum atomic E-state index is 13.3. The van der Waals surface area contributed by atoms with Gasteiger partial charge >= 0.3 is 0 Å². The third kappa shape index (κ3) is 4.41. The summed E-state index contributed by atoms with van der Waals surface area (Å²) in [5.41, 5.74) is 1.75. The first kappa shape index (κ1) is 21.3. The average Bonchev–Trinajstić information content (AvgIpc) is 2.80. The van der Waals surface area contributed by atoms with Crippen molar-refractivity contribution in [2.45, 2.75) is 43.5 Å². The quantitative estimate of drug-likeness (QED) is 0.715. The summed E-state index contributed by atoms with van der Waals surface area (Å²) in [4.78, 5) is 2.93. The number of hydrogen-bond donors (Lipinski definition) is 0. The molecule has 0 saturated carbocycles. The first-order chi connectivity index (χ1) is 14.5. The van der Waals surface area contributed by atoms with E-state index in [0.29, 0.717) is 24.0 Å². The van der Waals surface area contributed by atoms with Gasteiger partial charge in [-0.1, -0.05) is 37.3 Å². The Labute approximate surface area is 180 Å². The highest BCUT2D eigenvalue weighted by atomic mass is 32.2. The van der Waals surface area contributed by atoms with E-state index in [-0.39, 0.29) is 0 Å². The molecular weight excluding hydrogens is 396 g/mol. The number of nitrogens with zero attached hydrogens (tertiary/aromatic N) is 2. The van der Waals surface area contributed by atoms with Crippen molar-refractivity contribution in [3.8, 4) is 16.9 Å². The minimum atomic E-state index is -3.50. The van der Waals surface area contributed by atoms with E-state index >= 15 is 0 Å². The summed E-state index contributed by atoms with van der Waals surface area (Å²) < 4.78 is 33.8. The van der Waals surface area contributed by atoms with Gasteiger partial charge in [-0.05, 0) is 68.5 Å². The van der Waals surface area contributed by atoms with Gasteiger partial charge in [-0.15, -0.1) is 0 Å². The minimum absolute atomic E-state index is 0.358. The monoisotopic (exact) mass is 428 g/mol. The van der Waals surface area contributed by atoms with Crippen molar-refractivity contribution in [1.82, 2.24) is 9.21 Å². The second-order valence-electron chi connectivity index (χ2n) is 8.58. The van der Waals surface area contributed by atoms with Gasteiger partial charge in [0.1, 0.15) is 5.75 Å². The Morgan fingerprint density at radius 1 is 0.900 bits per heavy atom. The van der Waals surface area contributed by atoms with Crippen molar-refractivity contribution < 1.29 is 13.2 Å². The lowest BCUT2D eigenvalue weighted by Crippen LogP contribution is -2.48. The number of hydrogen-bond acceptors (Lipinski definition) is 4. The summed E-state index contributed by atoms with van der Waals surface area (Å²) >= 11 is 0. The maximum Gasteiger partial charge on any atom is 0.243 e. The van der Waals surface area contributed by atoms with Crippen molar-refractivity contribution >= 4 is 10.0 Å². The summed E-state index contributed by atoms with van der Waals surface area (Å²) in [6.07, 6.45) is 4.35. The molecule has 0 unspecified atom stereocenters. The number of methoxy groups -OCH3 is 1. The van der Waals surface area contributed by atoms with Crippen LogP contribution in [0.3, 0.4) is 0 Å². The molecule has 0 aliphatic carbocycles. The zero-order chi connectivity index (χ0) is 21.1. The van der Waals surface area contributed by atoms with Crippen LogP contribution < -0.4 is 4.74 Å². The molecule has 30 heavy (non-hydrogen) atoms. The van der Waals surface area contributed by atoms with Crippen molar-refractivity contribution in [3.05, 3.63) is 48.5 Å². The number of rotatable bonds is 5. The van der Waals surface area contributed by atoms with E-state index in [9.17, 15) is 8.42 Å². The lowest BCUT2D eigenvalue weighted by Gasteiger charge is -2.41. The van der Waals surface area contributed by atoms with Crippen LogP contribution >= 0.6 is 0 Å². The highest BCUT2D eigenvalue weighted by Gasteiger charge is 2.32. The predicted octanol–water partition coefficient (Wildman–Crippen LogP) is 4.25. The van der Waals surface area contributed by atoms with E-state index in [1.807, 2.05) is 36.4 Å².